The zero-order chi connectivity index (χ0) is 24.0. The third-order valence-electron chi connectivity index (χ3n) is 4.79. The molecule has 2 aromatic heterocycles. The lowest BCUT2D eigenvalue weighted by atomic mass is 10.0. The minimum atomic E-state index is -3.86. The van der Waals surface area contributed by atoms with Crippen molar-refractivity contribution in [3.05, 3.63) is 57.5 Å². The molecule has 0 fully saturated rings. The third kappa shape index (κ3) is 6.84. The highest BCUT2D eigenvalue weighted by Gasteiger charge is 2.22. The molecule has 13 heteroatoms. The molecule has 0 aliphatic heterocycles. The van der Waals surface area contributed by atoms with Crippen LogP contribution in [0.3, 0.4) is 0 Å². The second kappa shape index (κ2) is 10.9. The second-order valence-electron chi connectivity index (χ2n) is 7.27. The molecule has 3 aromatic rings. The first-order valence-corrected chi connectivity index (χ1v) is 13.5. The second-order valence-corrected chi connectivity index (χ2v) is 11.1. The summed E-state index contributed by atoms with van der Waals surface area (Å²) in [4.78, 5) is 43.5. The molecule has 6 N–H and O–H groups in total. The number of nitrogens with two attached hydrogens (primary N) is 1. The van der Waals surface area contributed by atoms with Crippen LogP contribution >= 0.6 is 7.60 Å². The number of nitrogen functional groups attached to an aromatic ring is 1. The summed E-state index contributed by atoms with van der Waals surface area (Å²) in [5, 5.41) is 3.13. The number of aromatic nitrogens is 3. The molecule has 3 rings (SSSR count). The van der Waals surface area contributed by atoms with Gasteiger partial charge in [-0.1, -0.05) is 12.1 Å². The van der Waals surface area contributed by atoms with E-state index in [0.717, 1.165) is 11.1 Å². The van der Waals surface area contributed by atoms with Crippen LogP contribution < -0.4 is 16.6 Å². The molecular weight excluding hydrogens is 469 g/mol. The van der Waals surface area contributed by atoms with E-state index in [-0.39, 0.29) is 36.3 Å². The monoisotopic (exact) mass is 495 g/mol. The fourth-order valence-electron chi connectivity index (χ4n) is 3.29. The van der Waals surface area contributed by atoms with Crippen molar-refractivity contribution in [1.29, 1.82) is 0 Å². The summed E-state index contributed by atoms with van der Waals surface area (Å²) in [5.74, 6) is -0.228. The van der Waals surface area contributed by atoms with Gasteiger partial charge in [0.15, 0.2) is 0 Å². The summed E-state index contributed by atoms with van der Waals surface area (Å²) < 4.78 is 28.2. The number of nitrogens with zero attached hydrogens (tertiary/aromatic N) is 1. The molecule has 1 amide bonds. The van der Waals surface area contributed by atoms with Gasteiger partial charge in [0, 0.05) is 34.9 Å². The van der Waals surface area contributed by atoms with Crippen molar-refractivity contribution < 1.29 is 23.0 Å². The zero-order valence-corrected chi connectivity index (χ0v) is 19.7. The number of anilines is 1. The van der Waals surface area contributed by atoms with E-state index in [1.54, 1.807) is 25.3 Å². The van der Waals surface area contributed by atoms with E-state index in [4.69, 9.17) is 5.73 Å². The smallest absolute Gasteiger partial charge is 0.340 e. The first kappa shape index (κ1) is 24.8. The van der Waals surface area contributed by atoms with E-state index in [1.165, 1.54) is 0 Å². The van der Waals surface area contributed by atoms with E-state index in [2.05, 4.69) is 24.8 Å². The van der Waals surface area contributed by atoms with Crippen LogP contribution in [-0.4, -0.2) is 54.4 Å². The van der Waals surface area contributed by atoms with Gasteiger partial charge >= 0.3 is 7.60 Å². The predicted octanol–water partition coefficient (Wildman–Crippen LogP) is 1.28. The number of aromatic amines is 2. The Bertz CT molecular complexity index is 1260. The molecule has 0 aliphatic carbocycles. The average molecular weight is 495 g/mol. The molecule has 1 aromatic carbocycles. The highest BCUT2D eigenvalue weighted by molar-refractivity contribution is 7.92. The van der Waals surface area contributed by atoms with Gasteiger partial charge in [0.1, 0.15) is 11.1 Å². The van der Waals surface area contributed by atoms with Gasteiger partial charge in [-0.15, -0.1) is 0 Å². The number of fused-ring (bicyclic) bond motifs is 1. The van der Waals surface area contributed by atoms with Crippen molar-refractivity contribution >= 4 is 41.3 Å². The number of rotatable bonds is 11. The van der Waals surface area contributed by atoms with Crippen molar-refractivity contribution in [3.8, 4) is 0 Å². The molecule has 0 spiro atoms. The van der Waals surface area contributed by atoms with Crippen molar-refractivity contribution in [3.63, 3.8) is 0 Å². The first-order chi connectivity index (χ1) is 15.7. The predicted molar refractivity (Wildman–Crippen MR) is 127 cm³/mol. The Morgan fingerprint density at radius 3 is 2.73 bits per heavy atom. The van der Waals surface area contributed by atoms with Crippen molar-refractivity contribution in [2.45, 2.75) is 19.8 Å². The van der Waals surface area contributed by atoms with Gasteiger partial charge in [-0.05, 0) is 43.0 Å². The number of nitrogens with one attached hydrogen (secondary N) is 3. The fourth-order valence-corrected chi connectivity index (χ4v) is 6.29. The van der Waals surface area contributed by atoms with Crippen LogP contribution in [0.2, 0.25) is 0 Å². The number of carbonyl (C=O) groups excluding carboxylic acids is 1. The molecule has 0 saturated heterocycles. The lowest BCUT2D eigenvalue weighted by Gasteiger charge is -2.10. The van der Waals surface area contributed by atoms with E-state index in [0.29, 0.717) is 29.4 Å². The maximum atomic E-state index is 12.3. The van der Waals surface area contributed by atoms with E-state index < -0.39 is 23.9 Å². The average Bonchev–Trinajstić information content (AvgIpc) is 3.15. The molecule has 33 heavy (non-hydrogen) atoms. The summed E-state index contributed by atoms with van der Waals surface area (Å²) in [5.41, 5.74) is 7.50. The van der Waals surface area contributed by atoms with Gasteiger partial charge < -0.3 is 25.5 Å². The number of H-pyrrole nitrogens is 2. The Hall–Kier alpha value is -2.79. The molecule has 178 valence electrons. The van der Waals surface area contributed by atoms with Gasteiger partial charge in [-0.3, -0.25) is 23.3 Å². The van der Waals surface area contributed by atoms with Gasteiger partial charge in [0.25, 0.3) is 11.5 Å². The van der Waals surface area contributed by atoms with E-state index >= 15 is 0 Å². The summed E-state index contributed by atoms with van der Waals surface area (Å²) in [6.45, 7) is 1.74. The molecule has 2 atom stereocenters. The molecular formula is C20H26N5O6PS. The summed E-state index contributed by atoms with van der Waals surface area (Å²) in [6.07, 6.45) is 2.99. The number of hydrogen-bond donors (Lipinski definition) is 5. The van der Waals surface area contributed by atoms with E-state index in [1.807, 2.05) is 12.1 Å². The molecule has 0 bridgehead atoms. The van der Waals surface area contributed by atoms with Gasteiger partial charge in [0.05, 0.1) is 12.0 Å². The van der Waals surface area contributed by atoms with Crippen LogP contribution in [0.5, 0.6) is 0 Å². The summed E-state index contributed by atoms with van der Waals surface area (Å²) in [6, 6.07) is 7.02. The quantitative estimate of drug-likeness (QED) is 0.247. The number of amides is 1. The summed E-state index contributed by atoms with van der Waals surface area (Å²) in [7, 11) is -5.45. The third-order valence-corrected chi connectivity index (χ3v) is 8.57. The highest BCUT2D eigenvalue weighted by Crippen LogP contribution is 2.42. The maximum Gasteiger partial charge on any atom is 0.340 e. The normalized spacial score (nSPS) is 14.1. The largest absolute Gasteiger partial charge is 0.369 e. The number of aryl methyl sites for hydroxylation is 2. The van der Waals surface area contributed by atoms with Gasteiger partial charge in [-0.2, -0.15) is 4.98 Å². The number of hydrogen-bond acceptors (Lipinski definition) is 7. The molecule has 11 nitrogen and oxygen atoms in total. The zero-order valence-electron chi connectivity index (χ0n) is 18.0. The first-order valence-electron chi connectivity index (χ1n) is 10.2. The lowest BCUT2D eigenvalue weighted by molar-refractivity contribution is 0.0956. The Morgan fingerprint density at radius 1 is 1.30 bits per heavy atom. The SMILES string of the molecule is CCOP(=O)(O)CS(=O)CCNC(=O)c1ccc(CCc2c[nH]c3nc(N)[nH]c(=O)c23)cc1. The van der Waals surface area contributed by atoms with Crippen LogP contribution in [0, 0.1) is 0 Å². The van der Waals surface area contributed by atoms with Gasteiger partial charge in [0.2, 0.25) is 5.95 Å². The highest BCUT2D eigenvalue weighted by atomic mass is 32.2. The molecule has 0 saturated carbocycles. The molecule has 0 aliphatic rings. The van der Waals surface area contributed by atoms with Crippen LogP contribution in [-0.2, 0) is 32.7 Å². The Morgan fingerprint density at radius 2 is 2.03 bits per heavy atom. The molecule has 0 radical (unpaired) electrons. The number of benzene rings is 1. The fraction of sp³-hybridized carbons (Fsp3) is 0.350. The van der Waals surface area contributed by atoms with Crippen LogP contribution in [0.15, 0.2) is 35.3 Å². The minimum absolute atomic E-state index is 0.0473. The van der Waals surface area contributed by atoms with Crippen molar-refractivity contribution in [1.82, 2.24) is 20.3 Å². The van der Waals surface area contributed by atoms with Gasteiger partial charge in [-0.25, -0.2) is 0 Å². The molecule has 2 unspecified atom stereocenters. The van der Waals surface area contributed by atoms with Crippen LogP contribution in [0.4, 0.5) is 5.95 Å². The standard InChI is InChI=1S/C20H26N5O6PS/c1-2-31-32(28,29)12-33(30)10-9-22-18(26)14-6-3-13(4-7-14)5-8-15-11-23-17-16(15)19(27)25-20(21)24-17/h3-4,6-7,11H,2,5,8-10,12H2,1H3,(H,22,26)(H,28,29)(H4,21,23,24,25,27). The minimum Gasteiger partial charge on any atom is -0.369 e. The van der Waals surface area contributed by atoms with E-state index in [9.17, 15) is 23.3 Å². The maximum absolute atomic E-state index is 12.3. The topological polar surface area (TPSA) is 180 Å². The van der Waals surface area contributed by atoms with Crippen LogP contribution in [0.25, 0.3) is 11.0 Å². The Balaban J connectivity index is 1.50. The molecule has 2 heterocycles. The number of carbonyl (C=O) groups is 1. The summed E-state index contributed by atoms with van der Waals surface area (Å²) >= 11 is 0. The van der Waals surface area contributed by atoms with Crippen molar-refractivity contribution in [2.24, 2.45) is 0 Å². The van der Waals surface area contributed by atoms with Crippen molar-refractivity contribution in [2.75, 3.05) is 30.1 Å². The Kier molecular flexibility index (Phi) is 8.20. The lowest BCUT2D eigenvalue weighted by Crippen LogP contribution is -2.28. The van der Waals surface area contributed by atoms with Crippen LogP contribution in [0.1, 0.15) is 28.4 Å². The Labute approximate surface area is 192 Å².